The maximum atomic E-state index is 12.0. The Kier molecular flexibility index (Phi) is 4.76. The van der Waals surface area contributed by atoms with Crippen LogP contribution >= 0.6 is 0 Å². The fourth-order valence-electron chi connectivity index (χ4n) is 3.26. The van der Waals surface area contributed by atoms with Gasteiger partial charge in [0.2, 0.25) is 0 Å². The van der Waals surface area contributed by atoms with Crippen molar-refractivity contribution in [3.63, 3.8) is 0 Å². The van der Waals surface area contributed by atoms with Gasteiger partial charge in [0.15, 0.2) is 0 Å². The smallest absolute Gasteiger partial charge is 0.267 e. The van der Waals surface area contributed by atoms with Crippen molar-refractivity contribution in [1.82, 2.24) is 14.7 Å². The number of likely N-dealkylation sites (tertiary alicyclic amines) is 1. The van der Waals surface area contributed by atoms with Crippen LogP contribution in [0.5, 0.6) is 5.75 Å². The van der Waals surface area contributed by atoms with E-state index in [1.807, 2.05) is 25.1 Å². The Hall–Kier alpha value is -2.14. The van der Waals surface area contributed by atoms with E-state index in [4.69, 9.17) is 4.74 Å². The molecule has 0 unspecified atom stereocenters. The average molecular weight is 313 g/mol. The third-order valence-corrected chi connectivity index (χ3v) is 4.46. The molecule has 1 atom stereocenters. The van der Waals surface area contributed by atoms with Crippen LogP contribution in [0.25, 0.3) is 0 Å². The molecule has 0 N–H and O–H groups in total. The highest BCUT2D eigenvalue weighted by Gasteiger charge is 2.26. The highest BCUT2D eigenvalue weighted by Crippen LogP contribution is 2.26. The molecule has 23 heavy (non-hydrogen) atoms. The topological polar surface area (TPSA) is 47.4 Å². The number of aryl methyl sites for hydroxylation is 1. The van der Waals surface area contributed by atoms with E-state index < -0.39 is 0 Å². The Morgan fingerprint density at radius 2 is 2.09 bits per heavy atom. The van der Waals surface area contributed by atoms with Gasteiger partial charge in [0.25, 0.3) is 5.56 Å². The number of methoxy groups -OCH3 is 1. The molecule has 0 radical (unpaired) electrons. The van der Waals surface area contributed by atoms with Crippen molar-refractivity contribution < 1.29 is 4.74 Å². The standard InChI is InChI=1S/C18H23N3O2/c1-14-9-10-18(22)21(19-14)13-20-11-5-7-16(20)12-15-6-3-4-8-17(15)23-2/h3-4,6,8-10,16H,5,7,11-13H2,1-2H3/t16-/m1/s1. The largest absolute Gasteiger partial charge is 0.496 e. The van der Waals surface area contributed by atoms with Gasteiger partial charge in [-0.2, -0.15) is 5.10 Å². The molecule has 1 aromatic carbocycles. The van der Waals surface area contributed by atoms with Crippen molar-refractivity contribution in [1.29, 1.82) is 0 Å². The van der Waals surface area contributed by atoms with Gasteiger partial charge in [0.1, 0.15) is 5.75 Å². The lowest BCUT2D eigenvalue weighted by Crippen LogP contribution is -2.37. The molecule has 1 aromatic heterocycles. The zero-order valence-electron chi connectivity index (χ0n) is 13.7. The van der Waals surface area contributed by atoms with E-state index >= 15 is 0 Å². The van der Waals surface area contributed by atoms with Crippen LogP contribution in [0.3, 0.4) is 0 Å². The van der Waals surface area contributed by atoms with Gasteiger partial charge in [0, 0.05) is 18.7 Å². The van der Waals surface area contributed by atoms with E-state index in [-0.39, 0.29) is 5.56 Å². The minimum Gasteiger partial charge on any atom is -0.496 e. The Balaban J connectivity index is 1.75. The lowest BCUT2D eigenvalue weighted by Gasteiger charge is -2.25. The molecule has 1 fully saturated rings. The van der Waals surface area contributed by atoms with Crippen LogP contribution in [0.15, 0.2) is 41.2 Å². The minimum atomic E-state index is -0.0430. The fraction of sp³-hybridized carbons (Fsp3) is 0.444. The molecule has 5 nitrogen and oxygen atoms in total. The number of rotatable bonds is 5. The molecule has 0 amide bonds. The number of benzene rings is 1. The first-order valence-electron chi connectivity index (χ1n) is 8.08. The lowest BCUT2D eigenvalue weighted by molar-refractivity contribution is 0.183. The summed E-state index contributed by atoms with van der Waals surface area (Å²) in [6.45, 7) is 3.47. The second kappa shape index (κ2) is 6.96. The molecule has 0 aliphatic carbocycles. The van der Waals surface area contributed by atoms with Crippen LogP contribution in [-0.2, 0) is 13.1 Å². The molecule has 1 aliphatic rings. The minimum absolute atomic E-state index is 0.0430. The summed E-state index contributed by atoms with van der Waals surface area (Å²) < 4.78 is 7.02. The molecule has 122 valence electrons. The molecule has 1 aliphatic heterocycles. The van der Waals surface area contributed by atoms with Crippen LogP contribution in [0, 0.1) is 6.92 Å². The van der Waals surface area contributed by atoms with Gasteiger partial charge in [-0.15, -0.1) is 0 Å². The van der Waals surface area contributed by atoms with Crippen molar-refractivity contribution in [2.75, 3.05) is 13.7 Å². The number of hydrogen-bond donors (Lipinski definition) is 0. The van der Waals surface area contributed by atoms with Crippen molar-refractivity contribution >= 4 is 0 Å². The maximum absolute atomic E-state index is 12.0. The Bertz CT molecular complexity index is 726. The summed E-state index contributed by atoms with van der Waals surface area (Å²) >= 11 is 0. The van der Waals surface area contributed by atoms with Crippen LogP contribution in [0.4, 0.5) is 0 Å². The summed E-state index contributed by atoms with van der Waals surface area (Å²) in [6, 6.07) is 11.9. The van der Waals surface area contributed by atoms with E-state index in [0.717, 1.165) is 37.3 Å². The van der Waals surface area contributed by atoms with E-state index in [2.05, 4.69) is 16.1 Å². The molecular formula is C18H23N3O2. The lowest BCUT2D eigenvalue weighted by atomic mass is 10.0. The predicted octanol–water partition coefficient (Wildman–Crippen LogP) is 2.22. The van der Waals surface area contributed by atoms with Crippen LogP contribution < -0.4 is 10.3 Å². The zero-order valence-corrected chi connectivity index (χ0v) is 13.7. The molecule has 2 heterocycles. The van der Waals surface area contributed by atoms with Gasteiger partial charge in [0.05, 0.1) is 19.5 Å². The molecule has 0 spiro atoms. The average Bonchev–Trinajstić information content (AvgIpc) is 2.98. The number of para-hydroxylation sites is 1. The predicted molar refractivity (Wildman–Crippen MR) is 89.7 cm³/mol. The number of hydrogen-bond acceptors (Lipinski definition) is 4. The van der Waals surface area contributed by atoms with Gasteiger partial charge >= 0.3 is 0 Å². The highest BCUT2D eigenvalue weighted by atomic mass is 16.5. The molecular weight excluding hydrogens is 290 g/mol. The van der Waals surface area contributed by atoms with Crippen LogP contribution in [0.2, 0.25) is 0 Å². The number of nitrogens with zero attached hydrogens (tertiary/aromatic N) is 3. The third kappa shape index (κ3) is 3.62. The summed E-state index contributed by atoms with van der Waals surface area (Å²) in [4.78, 5) is 14.3. The highest BCUT2D eigenvalue weighted by molar-refractivity contribution is 5.34. The van der Waals surface area contributed by atoms with Crippen molar-refractivity contribution in [3.8, 4) is 5.75 Å². The Labute approximate surface area is 136 Å². The van der Waals surface area contributed by atoms with E-state index in [9.17, 15) is 4.79 Å². The van der Waals surface area contributed by atoms with Gasteiger partial charge in [-0.1, -0.05) is 18.2 Å². The van der Waals surface area contributed by atoms with E-state index in [0.29, 0.717) is 12.7 Å². The fourth-order valence-corrected chi connectivity index (χ4v) is 3.26. The first kappa shape index (κ1) is 15.7. The first-order valence-corrected chi connectivity index (χ1v) is 8.08. The van der Waals surface area contributed by atoms with Gasteiger partial charge < -0.3 is 4.74 Å². The van der Waals surface area contributed by atoms with E-state index in [1.54, 1.807) is 23.9 Å². The molecule has 2 aromatic rings. The molecule has 3 rings (SSSR count). The monoisotopic (exact) mass is 313 g/mol. The summed E-state index contributed by atoms with van der Waals surface area (Å²) in [5.41, 5.74) is 2.04. The summed E-state index contributed by atoms with van der Waals surface area (Å²) in [6.07, 6.45) is 3.23. The SMILES string of the molecule is COc1ccccc1C[C@H]1CCCN1Cn1nc(C)ccc1=O. The molecule has 0 saturated carbocycles. The van der Waals surface area contributed by atoms with E-state index in [1.165, 1.54) is 5.56 Å². The molecule has 5 heteroatoms. The maximum Gasteiger partial charge on any atom is 0.267 e. The summed E-state index contributed by atoms with van der Waals surface area (Å²) in [5.74, 6) is 0.935. The van der Waals surface area contributed by atoms with Gasteiger partial charge in [-0.25, -0.2) is 4.68 Å². The molecule has 1 saturated heterocycles. The Morgan fingerprint density at radius 1 is 1.26 bits per heavy atom. The van der Waals surface area contributed by atoms with Crippen molar-refractivity contribution in [3.05, 3.63) is 58.0 Å². The zero-order chi connectivity index (χ0) is 16.2. The normalized spacial score (nSPS) is 18.3. The molecule has 0 bridgehead atoms. The van der Waals surface area contributed by atoms with Crippen LogP contribution in [-0.4, -0.2) is 34.4 Å². The van der Waals surface area contributed by atoms with Crippen molar-refractivity contribution in [2.45, 2.75) is 38.9 Å². The van der Waals surface area contributed by atoms with Crippen molar-refractivity contribution in [2.24, 2.45) is 0 Å². The summed E-state index contributed by atoms with van der Waals surface area (Å²) in [5, 5.41) is 4.35. The quantitative estimate of drug-likeness (QED) is 0.849. The number of ether oxygens (including phenoxy) is 1. The second-order valence-electron chi connectivity index (χ2n) is 6.08. The summed E-state index contributed by atoms with van der Waals surface area (Å²) in [7, 11) is 1.71. The van der Waals surface area contributed by atoms with Gasteiger partial charge in [-0.3, -0.25) is 9.69 Å². The first-order chi connectivity index (χ1) is 11.2. The second-order valence-corrected chi connectivity index (χ2v) is 6.08. The Morgan fingerprint density at radius 3 is 2.91 bits per heavy atom. The van der Waals surface area contributed by atoms with Crippen LogP contribution in [0.1, 0.15) is 24.1 Å². The van der Waals surface area contributed by atoms with Gasteiger partial charge in [-0.05, 0) is 43.9 Å². The number of aromatic nitrogens is 2. The third-order valence-electron chi connectivity index (χ3n) is 4.46.